The molecule has 0 saturated heterocycles. The number of carbonyl (C=O) groups excluding carboxylic acids is 4. The van der Waals surface area contributed by atoms with Crippen LogP contribution in [0.3, 0.4) is 0 Å². The van der Waals surface area contributed by atoms with Gasteiger partial charge in [-0.25, -0.2) is 4.79 Å². The largest absolute Gasteiger partial charge is 0.468 e. The Morgan fingerprint density at radius 1 is 0.763 bits per heavy atom. The highest BCUT2D eigenvalue weighted by molar-refractivity contribution is 6.38. The first-order valence-corrected chi connectivity index (χ1v) is 12.3. The Kier molecular flexibility index (Phi) is 6.26. The first kappa shape index (κ1) is 25.2. The average molecular weight is 514 g/mol. The van der Waals surface area contributed by atoms with Gasteiger partial charge in [0.1, 0.15) is 0 Å². The quantitative estimate of drug-likeness (QED) is 0.335. The fraction of sp³-hybridized carbons (Fsp3) is 0.267. The van der Waals surface area contributed by atoms with Crippen LogP contribution in [0, 0.1) is 22.7 Å². The van der Waals surface area contributed by atoms with Gasteiger partial charge in [0.05, 0.1) is 20.8 Å². The molecule has 0 unspecified atom stereocenters. The normalized spacial score (nSPS) is 27.1. The number of allylic oxidation sites excluding steroid dienone is 2. The van der Waals surface area contributed by atoms with Crippen LogP contribution in [0.15, 0.2) is 85.2 Å². The smallest absolute Gasteiger partial charge is 0.417 e. The molecule has 5 rings (SSSR count). The van der Waals surface area contributed by atoms with Crippen LogP contribution in [0.5, 0.6) is 0 Å². The predicted molar refractivity (Wildman–Crippen MR) is 138 cm³/mol. The molecular weight excluding hydrogens is 486 g/mol. The number of carbonyl (C=O) groups is 4. The highest BCUT2D eigenvalue weighted by Crippen LogP contribution is 2.73. The van der Waals surface area contributed by atoms with E-state index in [0.29, 0.717) is 22.3 Å². The summed E-state index contributed by atoms with van der Waals surface area (Å²) in [5, 5.41) is 0. The molecular formula is C30H27NO7. The molecule has 1 amide bonds. The lowest BCUT2D eigenvalue weighted by Crippen LogP contribution is -2.43. The molecule has 0 aromatic heterocycles. The number of ketones is 1. The lowest BCUT2D eigenvalue weighted by atomic mass is 9.61. The molecule has 0 radical (unpaired) electrons. The van der Waals surface area contributed by atoms with E-state index in [1.165, 1.54) is 31.5 Å². The molecule has 0 N–H and O–H groups in total. The monoisotopic (exact) mass is 513 g/mol. The van der Waals surface area contributed by atoms with Gasteiger partial charge in [-0.3, -0.25) is 19.3 Å². The minimum absolute atomic E-state index is 0.165. The molecule has 194 valence electrons. The number of fused-ring (bicyclic) bond motifs is 5. The van der Waals surface area contributed by atoms with E-state index in [-0.39, 0.29) is 6.61 Å². The average Bonchev–Trinajstić information content (AvgIpc) is 3.16. The summed E-state index contributed by atoms with van der Waals surface area (Å²) in [4.78, 5) is 56.4. The SMILES string of the molecule is CCOC(=O)N1C=C[C@@H]2[C@H](C=C1)[C@@]1(C(=O)OC)C(=O)[C@]2(C(=O)OC)C(c2ccccc2)=C1c1ccccc1. The number of nitrogens with zero attached hydrogens (tertiary/aromatic N) is 1. The molecule has 38 heavy (non-hydrogen) atoms. The van der Waals surface area contributed by atoms with Crippen molar-refractivity contribution in [1.82, 2.24) is 4.90 Å². The minimum atomic E-state index is -1.87. The van der Waals surface area contributed by atoms with Crippen molar-refractivity contribution < 1.29 is 33.4 Å². The first-order valence-electron chi connectivity index (χ1n) is 12.3. The highest BCUT2D eigenvalue weighted by atomic mass is 16.6. The zero-order valence-corrected chi connectivity index (χ0v) is 21.2. The maximum absolute atomic E-state index is 14.8. The molecule has 2 aliphatic carbocycles. The summed E-state index contributed by atoms with van der Waals surface area (Å²) in [6.07, 6.45) is 5.54. The lowest BCUT2D eigenvalue weighted by Gasteiger charge is -2.39. The summed E-state index contributed by atoms with van der Waals surface area (Å²) in [5.41, 5.74) is -1.72. The van der Waals surface area contributed by atoms with Crippen LogP contribution in [-0.4, -0.2) is 49.5 Å². The third kappa shape index (κ3) is 3.16. The minimum Gasteiger partial charge on any atom is -0.468 e. The van der Waals surface area contributed by atoms with Crippen molar-refractivity contribution in [3.05, 3.63) is 96.3 Å². The molecule has 2 aromatic carbocycles. The van der Waals surface area contributed by atoms with Crippen LogP contribution in [0.1, 0.15) is 18.1 Å². The Bertz CT molecular complexity index is 1300. The van der Waals surface area contributed by atoms with Crippen molar-refractivity contribution in [1.29, 1.82) is 0 Å². The van der Waals surface area contributed by atoms with Gasteiger partial charge in [-0.1, -0.05) is 72.8 Å². The van der Waals surface area contributed by atoms with E-state index in [9.17, 15) is 19.2 Å². The van der Waals surface area contributed by atoms with Gasteiger partial charge in [0, 0.05) is 24.2 Å². The number of amides is 1. The third-order valence-electron chi connectivity index (χ3n) is 7.67. The number of methoxy groups -OCH3 is 2. The van der Waals surface area contributed by atoms with Gasteiger partial charge in [0.15, 0.2) is 16.6 Å². The van der Waals surface area contributed by atoms with Crippen molar-refractivity contribution in [3.63, 3.8) is 0 Å². The summed E-state index contributed by atoms with van der Waals surface area (Å²) in [6.45, 7) is 1.86. The maximum atomic E-state index is 14.8. The maximum Gasteiger partial charge on any atom is 0.417 e. The number of Topliss-reactive ketones (excluding diaryl/α,β-unsaturated/α-hetero) is 1. The van der Waals surface area contributed by atoms with Crippen LogP contribution in [0.25, 0.3) is 11.1 Å². The van der Waals surface area contributed by atoms with E-state index in [4.69, 9.17) is 14.2 Å². The zero-order valence-electron chi connectivity index (χ0n) is 21.2. The summed E-state index contributed by atoms with van der Waals surface area (Å²) in [7, 11) is 2.45. The number of hydrogen-bond donors (Lipinski definition) is 0. The zero-order chi connectivity index (χ0) is 27.1. The molecule has 1 fully saturated rings. The van der Waals surface area contributed by atoms with Crippen molar-refractivity contribution in [3.8, 4) is 0 Å². The van der Waals surface area contributed by atoms with Gasteiger partial charge in [0.2, 0.25) is 0 Å². The molecule has 1 saturated carbocycles. The van der Waals surface area contributed by atoms with Gasteiger partial charge in [-0.05, 0) is 29.2 Å². The number of benzene rings is 2. The summed E-state index contributed by atoms with van der Waals surface area (Å²) >= 11 is 0. The molecule has 2 bridgehead atoms. The Morgan fingerprint density at radius 2 is 1.18 bits per heavy atom. The van der Waals surface area contributed by atoms with Crippen molar-refractivity contribution >= 4 is 35.0 Å². The second kappa shape index (κ2) is 9.45. The molecule has 1 heterocycles. The van der Waals surface area contributed by atoms with E-state index < -0.39 is 46.5 Å². The summed E-state index contributed by atoms with van der Waals surface area (Å²) in [5.74, 6) is -3.86. The molecule has 2 aromatic rings. The van der Waals surface area contributed by atoms with Crippen LogP contribution >= 0.6 is 0 Å². The van der Waals surface area contributed by atoms with Crippen molar-refractivity contribution in [2.75, 3.05) is 20.8 Å². The second-order valence-electron chi connectivity index (χ2n) is 9.25. The van der Waals surface area contributed by atoms with Crippen LogP contribution in [0.2, 0.25) is 0 Å². The van der Waals surface area contributed by atoms with Gasteiger partial charge in [-0.15, -0.1) is 0 Å². The van der Waals surface area contributed by atoms with E-state index in [1.807, 2.05) is 12.1 Å². The van der Waals surface area contributed by atoms with Gasteiger partial charge < -0.3 is 14.2 Å². The van der Waals surface area contributed by atoms with Crippen LogP contribution in [-0.2, 0) is 28.6 Å². The fourth-order valence-electron chi connectivity index (χ4n) is 6.31. The molecule has 0 spiro atoms. The predicted octanol–water partition coefficient (Wildman–Crippen LogP) is 4.24. The third-order valence-corrected chi connectivity index (χ3v) is 7.67. The van der Waals surface area contributed by atoms with E-state index in [0.717, 1.165) is 0 Å². The Balaban J connectivity index is 1.91. The molecule has 8 heteroatoms. The molecule has 3 aliphatic rings. The van der Waals surface area contributed by atoms with Gasteiger partial charge in [-0.2, -0.15) is 0 Å². The molecule has 1 aliphatic heterocycles. The summed E-state index contributed by atoms with van der Waals surface area (Å²) in [6, 6.07) is 18.1. The van der Waals surface area contributed by atoms with Crippen LogP contribution < -0.4 is 0 Å². The number of ether oxygens (including phenoxy) is 3. The molecule has 4 atom stereocenters. The first-order chi connectivity index (χ1) is 18.4. The number of rotatable bonds is 5. The number of esters is 2. The standard InChI is InChI=1S/C30H27NO7/c1-4-38-28(35)31-17-15-21-22(16-18-31)30(27(34)37-3)24(20-13-9-6-10-14-20)23(19-11-7-5-8-12-19)29(21,25(30)32)26(33)36-2/h5-18,21-22H,4H2,1-3H3/t21-,22+,29-,30+. The van der Waals surface area contributed by atoms with Gasteiger partial charge in [0.25, 0.3) is 0 Å². The van der Waals surface area contributed by atoms with Crippen LogP contribution in [0.4, 0.5) is 4.79 Å². The molecule has 8 nitrogen and oxygen atoms in total. The summed E-state index contributed by atoms with van der Waals surface area (Å²) < 4.78 is 15.8. The van der Waals surface area contributed by atoms with E-state index in [2.05, 4.69) is 0 Å². The van der Waals surface area contributed by atoms with E-state index >= 15 is 0 Å². The fourth-order valence-corrected chi connectivity index (χ4v) is 6.31. The second-order valence-corrected chi connectivity index (χ2v) is 9.25. The Morgan fingerprint density at radius 3 is 1.55 bits per heavy atom. The van der Waals surface area contributed by atoms with Crippen molar-refractivity contribution in [2.45, 2.75) is 6.92 Å². The Hall–Kier alpha value is -4.46. The topological polar surface area (TPSA) is 99.2 Å². The Labute approximate surface area is 220 Å². The van der Waals surface area contributed by atoms with Crippen molar-refractivity contribution in [2.24, 2.45) is 22.7 Å². The lowest BCUT2D eigenvalue weighted by molar-refractivity contribution is -0.157. The van der Waals surface area contributed by atoms with Gasteiger partial charge >= 0.3 is 18.0 Å². The highest BCUT2D eigenvalue weighted by Gasteiger charge is 2.81. The van der Waals surface area contributed by atoms with E-state index in [1.54, 1.807) is 67.6 Å². The number of hydrogen-bond acceptors (Lipinski definition) is 7.